The van der Waals surface area contributed by atoms with E-state index in [1.165, 1.54) is 6.07 Å². The van der Waals surface area contributed by atoms with Gasteiger partial charge in [0.1, 0.15) is 5.82 Å². The molecule has 0 unspecified atom stereocenters. The Hall–Kier alpha value is -1.35. The molecule has 0 radical (unpaired) electrons. The smallest absolute Gasteiger partial charge is 0.131 e. The number of anilines is 1. The van der Waals surface area contributed by atoms with Gasteiger partial charge in [-0.25, -0.2) is 4.39 Å². The fourth-order valence-corrected chi connectivity index (χ4v) is 1.89. The van der Waals surface area contributed by atoms with Crippen LogP contribution in [0.4, 0.5) is 10.1 Å². The third-order valence-electron chi connectivity index (χ3n) is 2.52. The summed E-state index contributed by atoms with van der Waals surface area (Å²) in [5.41, 5.74) is 8.84. The lowest BCUT2D eigenvalue weighted by Gasteiger charge is -2.07. The topological polar surface area (TPSA) is 26.0 Å². The molecule has 0 heterocycles. The zero-order chi connectivity index (χ0) is 11.7. The van der Waals surface area contributed by atoms with E-state index in [1.54, 1.807) is 18.2 Å². The molecular formula is C13H11BrFN. The third kappa shape index (κ3) is 2.09. The summed E-state index contributed by atoms with van der Waals surface area (Å²) in [5, 5.41) is 0. The van der Waals surface area contributed by atoms with Gasteiger partial charge >= 0.3 is 0 Å². The fraction of sp³-hybridized carbons (Fsp3) is 0.0769. The molecule has 0 saturated heterocycles. The number of aryl methyl sites for hydroxylation is 1. The van der Waals surface area contributed by atoms with E-state index in [2.05, 4.69) is 15.9 Å². The molecule has 2 N–H and O–H groups in total. The number of nitrogen functional groups attached to an aromatic ring is 1. The molecule has 0 amide bonds. The van der Waals surface area contributed by atoms with E-state index in [4.69, 9.17) is 5.73 Å². The van der Waals surface area contributed by atoms with Crippen molar-refractivity contribution in [1.82, 2.24) is 0 Å². The number of rotatable bonds is 1. The van der Waals surface area contributed by atoms with Crippen molar-refractivity contribution in [2.24, 2.45) is 0 Å². The predicted molar refractivity (Wildman–Crippen MR) is 68.7 cm³/mol. The molecule has 0 spiro atoms. The lowest BCUT2D eigenvalue weighted by molar-refractivity contribution is 0.631. The van der Waals surface area contributed by atoms with Gasteiger partial charge in [0, 0.05) is 15.7 Å². The SMILES string of the molecule is Cc1ccc(-c2cc(Br)ccc2F)cc1N. The molecule has 0 aliphatic carbocycles. The van der Waals surface area contributed by atoms with Crippen LogP contribution in [0.1, 0.15) is 5.56 Å². The summed E-state index contributed by atoms with van der Waals surface area (Å²) in [6.45, 7) is 1.93. The Kier molecular flexibility index (Phi) is 2.97. The quantitative estimate of drug-likeness (QED) is 0.780. The maximum absolute atomic E-state index is 13.6. The second kappa shape index (κ2) is 4.26. The second-order valence-electron chi connectivity index (χ2n) is 3.70. The summed E-state index contributed by atoms with van der Waals surface area (Å²) in [7, 11) is 0. The van der Waals surface area contributed by atoms with Crippen molar-refractivity contribution in [2.75, 3.05) is 5.73 Å². The molecule has 3 heteroatoms. The van der Waals surface area contributed by atoms with E-state index < -0.39 is 0 Å². The van der Waals surface area contributed by atoms with Gasteiger partial charge in [0.15, 0.2) is 0 Å². The summed E-state index contributed by atoms with van der Waals surface area (Å²) in [4.78, 5) is 0. The summed E-state index contributed by atoms with van der Waals surface area (Å²) < 4.78 is 14.5. The molecule has 0 atom stereocenters. The molecule has 0 saturated carbocycles. The number of nitrogens with two attached hydrogens (primary N) is 1. The van der Waals surface area contributed by atoms with E-state index in [1.807, 2.05) is 19.1 Å². The Bertz CT molecular complexity index is 537. The van der Waals surface area contributed by atoms with Crippen molar-refractivity contribution >= 4 is 21.6 Å². The monoisotopic (exact) mass is 279 g/mol. The molecule has 0 bridgehead atoms. The van der Waals surface area contributed by atoms with Gasteiger partial charge in [-0.05, 0) is 42.3 Å². The fourth-order valence-electron chi connectivity index (χ4n) is 1.53. The first kappa shape index (κ1) is 11.1. The van der Waals surface area contributed by atoms with E-state index >= 15 is 0 Å². The number of benzene rings is 2. The van der Waals surface area contributed by atoms with Gasteiger partial charge < -0.3 is 5.73 Å². The Balaban J connectivity index is 2.58. The van der Waals surface area contributed by atoms with Crippen molar-refractivity contribution in [3.05, 3.63) is 52.3 Å². The number of hydrogen-bond donors (Lipinski definition) is 1. The van der Waals surface area contributed by atoms with E-state index in [-0.39, 0.29) is 5.82 Å². The van der Waals surface area contributed by atoms with E-state index in [0.29, 0.717) is 11.3 Å². The normalized spacial score (nSPS) is 10.4. The molecule has 0 aromatic heterocycles. The summed E-state index contributed by atoms with van der Waals surface area (Å²) in [5.74, 6) is -0.244. The maximum atomic E-state index is 13.6. The van der Waals surface area contributed by atoms with Crippen molar-refractivity contribution in [2.45, 2.75) is 6.92 Å². The van der Waals surface area contributed by atoms with Crippen LogP contribution in [0.2, 0.25) is 0 Å². The molecule has 16 heavy (non-hydrogen) atoms. The zero-order valence-electron chi connectivity index (χ0n) is 8.80. The molecular weight excluding hydrogens is 269 g/mol. The van der Waals surface area contributed by atoms with Crippen molar-refractivity contribution < 1.29 is 4.39 Å². The highest BCUT2D eigenvalue weighted by Crippen LogP contribution is 2.28. The molecule has 0 aliphatic heterocycles. The van der Waals surface area contributed by atoms with Crippen LogP contribution in [-0.2, 0) is 0 Å². The summed E-state index contributed by atoms with van der Waals surface area (Å²) in [6, 6.07) is 10.4. The minimum Gasteiger partial charge on any atom is -0.398 e. The zero-order valence-corrected chi connectivity index (χ0v) is 10.4. The first-order valence-electron chi connectivity index (χ1n) is 4.89. The van der Waals surface area contributed by atoms with Crippen LogP contribution in [0.3, 0.4) is 0 Å². The number of hydrogen-bond acceptors (Lipinski definition) is 1. The highest BCUT2D eigenvalue weighted by Gasteiger charge is 2.06. The van der Waals surface area contributed by atoms with Crippen LogP contribution in [0.5, 0.6) is 0 Å². The molecule has 82 valence electrons. The predicted octanol–water partition coefficient (Wildman–Crippen LogP) is 4.15. The standard InChI is InChI=1S/C13H11BrFN/c1-8-2-3-9(6-13(8)16)11-7-10(14)4-5-12(11)15/h2-7H,16H2,1H3. The van der Waals surface area contributed by atoms with Crippen LogP contribution >= 0.6 is 15.9 Å². The van der Waals surface area contributed by atoms with Crippen LogP contribution in [0.25, 0.3) is 11.1 Å². The highest BCUT2D eigenvalue weighted by atomic mass is 79.9. The lowest BCUT2D eigenvalue weighted by atomic mass is 10.0. The van der Waals surface area contributed by atoms with Gasteiger partial charge in [0.05, 0.1) is 0 Å². The second-order valence-corrected chi connectivity index (χ2v) is 4.61. The van der Waals surface area contributed by atoms with Crippen LogP contribution in [-0.4, -0.2) is 0 Å². The van der Waals surface area contributed by atoms with Crippen LogP contribution in [0, 0.1) is 12.7 Å². The molecule has 2 aromatic carbocycles. The lowest BCUT2D eigenvalue weighted by Crippen LogP contribution is -1.91. The van der Waals surface area contributed by atoms with Gasteiger partial charge in [-0.2, -0.15) is 0 Å². The Morgan fingerprint density at radius 2 is 1.88 bits per heavy atom. The minimum atomic E-state index is -0.244. The van der Waals surface area contributed by atoms with Crippen molar-refractivity contribution in [3.63, 3.8) is 0 Å². The summed E-state index contributed by atoms with van der Waals surface area (Å²) in [6.07, 6.45) is 0. The molecule has 0 aliphatic rings. The third-order valence-corrected chi connectivity index (χ3v) is 3.01. The minimum absolute atomic E-state index is 0.244. The van der Waals surface area contributed by atoms with Crippen LogP contribution < -0.4 is 5.73 Å². The van der Waals surface area contributed by atoms with E-state index in [0.717, 1.165) is 15.6 Å². The van der Waals surface area contributed by atoms with Gasteiger partial charge in [0.2, 0.25) is 0 Å². The van der Waals surface area contributed by atoms with Gasteiger partial charge in [-0.15, -0.1) is 0 Å². The molecule has 2 rings (SSSR count). The Morgan fingerprint density at radius 1 is 1.12 bits per heavy atom. The molecule has 0 fully saturated rings. The average molecular weight is 280 g/mol. The average Bonchev–Trinajstić information content (AvgIpc) is 2.26. The van der Waals surface area contributed by atoms with E-state index in [9.17, 15) is 4.39 Å². The first-order valence-corrected chi connectivity index (χ1v) is 5.69. The molecule has 2 aromatic rings. The highest BCUT2D eigenvalue weighted by molar-refractivity contribution is 9.10. The van der Waals surface area contributed by atoms with Crippen LogP contribution in [0.15, 0.2) is 40.9 Å². The first-order chi connectivity index (χ1) is 7.58. The van der Waals surface area contributed by atoms with Gasteiger partial charge in [-0.1, -0.05) is 28.1 Å². The maximum Gasteiger partial charge on any atom is 0.131 e. The van der Waals surface area contributed by atoms with Crippen molar-refractivity contribution in [3.8, 4) is 11.1 Å². The largest absolute Gasteiger partial charge is 0.398 e. The van der Waals surface area contributed by atoms with Gasteiger partial charge in [0.25, 0.3) is 0 Å². The number of halogens is 2. The Morgan fingerprint density at radius 3 is 2.56 bits per heavy atom. The molecule has 1 nitrogen and oxygen atoms in total. The van der Waals surface area contributed by atoms with Crippen molar-refractivity contribution in [1.29, 1.82) is 0 Å². The Labute approximate surface area is 102 Å². The van der Waals surface area contributed by atoms with Gasteiger partial charge in [-0.3, -0.25) is 0 Å². The summed E-state index contributed by atoms with van der Waals surface area (Å²) >= 11 is 3.33.